The van der Waals surface area contributed by atoms with Crippen LogP contribution in [0.25, 0.3) is 0 Å². The zero-order valence-corrected chi connectivity index (χ0v) is 12.4. The highest BCUT2D eigenvalue weighted by Crippen LogP contribution is 2.27. The first-order valence-corrected chi connectivity index (χ1v) is 7.20. The largest absolute Gasteiger partial charge is 0.398 e. The summed E-state index contributed by atoms with van der Waals surface area (Å²) in [4.78, 5) is 10.8. The van der Waals surface area contributed by atoms with Gasteiger partial charge in [-0.3, -0.25) is 4.79 Å². The van der Waals surface area contributed by atoms with Crippen LogP contribution in [0, 0.1) is 6.92 Å². The number of nitrogen functional groups attached to an aromatic ring is 1. The number of carbonyl (C=O) groups excluding carboxylic acids is 1. The average Bonchev–Trinajstić information content (AvgIpc) is 2.22. The molecule has 0 heterocycles. The number of sulfonamides is 1. The van der Waals surface area contributed by atoms with Crippen molar-refractivity contribution in [1.29, 1.82) is 0 Å². The second-order valence-corrected chi connectivity index (χ2v) is 6.73. The zero-order chi connectivity index (χ0) is 14.1. The van der Waals surface area contributed by atoms with Gasteiger partial charge in [-0.2, -0.15) is 4.31 Å². The van der Waals surface area contributed by atoms with Gasteiger partial charge in [-0.25, -0.2) is 8.42 Å². The van der Waals surface area contributed by atoms with Crippen molar-refractivity contribution in [3.05, 3.63) is 22.2 Å². The number of rotatable bonds is 4. The number of primary amides is 1. The van der Waals surface area contributed by atoms with E-state index >= 15 is 0 Å². The summed E-state index contributed by atoms with van der Waals surface area (Å²) < 4.78 is 25.9. The summed E-state index contributed by atoms with van der Waals surface area (Å²) in [6, 6.07) is 2.96. The van der Waals surface area contributed by atoms with Crippen LogP contribution >= 0.6 is 15.9 Å². The first-order valence-electron chi connectivity index (χ1n) is 4.96. The van der Waals surface area contributed by atoms with Gasteiger partial charge < -0.3 is 11.5 Å². The predicted octanol–water partition coefficient (Wildman–Crippen LogP) is 0.446. The van der Waals surface area contributed by atoms with Crippen LogP contribution in [-0.2, 0) is 14.8 Å². The van der Waals surface area contributed by atoms with Crippen LogP contribution in [0.5, 0.6) is 0 Å². The van der Waals surface area contributed by atoms with E-state index in [0.29, 0.717) is 15.7 Å². The van der Waals surface area contributed by atoms with Crippen LogP contribution < -0.4 is 11.5 Å². The molecule has 0 aromatic heterocycles. The van der Waals surface area contributed by atoms with Crippen molar-refractivity contribution in [3.63, 3.8) is 0 Å². The summed E-state index contributed by atoms with van der Waals surface area (Å²) in [5.74, 6) is -0.719. The maximum Gasteiger partial charge on any atom is 0.243 e. The van der Waals surface area contributed by atoms with Crippen LogP contribution in [0.4, 0.5) is 5.69 Å². The zero-order valence-electron chi connectivity index (χ0n) is 9.97. The van der Waals surface area contributed by atoms with Crippen LogP contribution in [-0.4, -0.2) is 32.2 Å². The molecular formula is C10H14BrN3O3S. The first kappa shape index (κ1) is 14.9. The molecule has 100 valence electrons. The fraction of sp³-hybridized carbons (Fsp3) is 0.300. The number of carbonyl (C=O) groups is 1. The van der Waals surface area contributed by atoms with E-state index in [2.05, 4.69) is 15.9 Å². The van der Waals surface area contributed by atoms with Crippen molar-refractivity contribution < 1.29 is 13.2 Å². The molecular weight excluding hydrogens is 322 g/mol. The highest BCUT2D eigenvalue weighted by molar-refractivity contribution is 9.10. The van der Waals surface area contributed by atoms with E-state index in [1.54, 1.807) is 13.0 Å². The second kappa shape index (κ2) is 5.25. The highest BCUT2D eigenvalue weighted by atomic mass is 79.9. The number of nitrogens with zero attached hydrogens (tertiary/aromatic N) is 1. The van der Waals surface area contributed by atoms with Gasteiger partial charge in [-0.15, -0.1) is 0 Å². The fourth-order valence-corrected chi connectivity index (χ4v) is 3.25. The lowest BCUT2D eigenvalue weighted by Gasteiger charge is -2.17. The Morgan fingerprint density at radius 3 is 2.50 bits per heavy atom. The number of hydrogen-bond acceptors (Lipinski definition) is 4. The van der Waals surface area contributed by atoms with E-state index in [1.807, 2.05) is 0 Å². The maximum absolute atomic E-state index is 12.2. The second-order valence-electron chi connectivity index (χ2n) is 3.87. The van der Waals surface area contributed by atoms with Gasteiger partial charge in [-0.05, 0) is 40.5 Å². The van der Waals surface area contributed by atoms with Crippen molar-refractivity contribution in [2.45, 2.75) is 11.8 Å². The Morgan fingerprint density at radius 2 is 2.00 bits per heavy atom. The highest BCUT2D eigenvalue weighted by Gasteiger charge is 2.24. The number of amides is 1. The van der Waals surface area contributed by atoms with Crippen molar-refractivity contribution in [3.8, 4) is 0 Å². The quantitative estimate of drug-likeness (QED) is 0.778. The van der Waals surface area contributed by atoms with E-state index in [4.69, 9.17) is 11.5 Å². The summed E-state index contributed by atoms with van der Waals surface area (Å²) in [6.07, 6.45) is 0. The molecule has 0 saturated heterocycles. The van der Waals surface area contributed by atoms with Gasteiger partial charge in [-0.1, -0.05) is 0 Å². The summed E-state index contributed by atoms with van der Waals surface area (Å²) >= 11 is 3.22. The van der Waals surface area contributed by atoms with Crippen LogP contribution in [0.15, 0.2) is 21.5 Å². The molecule has 0 aliphatic carbocycles. The molecule has 6 nitrogen and oxygen atoms in total. The van der Waals surface area contributed by atoms with E-state index < -0.39 is 15.9 Å². The molecule has 18 heavy (non-hydrogen) atoms. The summed E-state index contributed by atoms with van der Waals surface area (Å²) in [5, 5.41) is 0. The van der Waals surface area contributed by atoms with E-state index in [1.165, 1.54) is 13.1 Å². The maximum atomic E-state index is 12.2. The number of benzene rings is 1. The van der Waals surface area contributed by atoms with Crippen LogP contribution in [0.3, 0.4) is 0 Å². The third-order valence-electron chi connectivity index (χ3n) is 2.36. The summed E-state index contributed by atoms with van der Waals surface area (Å²) in [5.41, 5.74) is 11.5. The Bertz CT molecular complexity index is 586. The Morgan fingerprint density at radius 1 is 1.44 bits per heavy atom. The lowest BCUT2D eigenvalue weighted by molar-refractivity contribution is -0.118. The Hall–Kier alpha value is -1.12. The number of aryl methyl sites for hydroxylation is 1. The molecule has 1 rings (SSSR count). The number of halogens is 1. The van der Waals surface area contributed by atoms with Gasteiger partial charge in [0, 0.05) is 17.2 Å². The van der Waals surface area contributed by atoms with Crippen molar-refractivity contribution in [1.82, 2.24) is 4.31 Å². The third kappa shape index (κ3) is 3.01. The predicted molar refractivity (Wildman–Crippen MR) is 72.3 cm³/mol. The number of hydrogen-bond donors (Lipinski definition) is 2. The molecule has 1 aromatic rings. The van der Waals surface area contributed by atoms with Crippen molar-refractivity contribution in [2.24, 2.45) is 5.73 Å². The molecule has 0 saturated carbocycles. The molecule has 0 spiro atoms. The molecule has 0 unspecified atom stereocenters. The molecule has 0 fully saturated rings. The van der Waals surface area contributed by atoms with Gasteiger partial charge in [0.05, 0.1) is 11.4 Å². The molecule has 0 aliphatic rings. The summed E-state index contributed by atoms with van der Waals surface area (Å²) in [7, 11) is -2.48. The Labute approximate surface area is 114 Å². The van der Waals surface area contributed by atoms with E-state index in [0.717, 1.165) is 4.31 Å². The monoisotopic (exact) mass is 335 g/mol. The van der Waals surface area contributed by atoms with Gasteiger partial charge in [0.15, 0.2) is 0 Å². The van der Waals surface area contributed by atoms with Crippen molar-refractivity contribution in [2.75, 3.05) is 19.3 Å². The van der Waals surface area contributed by atoms with Crippen LogP contribution in [0.1, 0.15) is 5.56 Å². The minimum atomic E-state index is -3.77. The Balaban J connectivity index is 3.29. The van der Waals surface area contributed by atoms with Gasteiger partial charge in [0.2, 0.25) is 15.9 Å². The topological polar surface area (TPSA) is 106 Å². The minimum absolute atomic E-state index is 0.0620. The molecule has 4 N–H and O–H groups in total. The smallest absolute Gasteiger partial charge is 0.243 e. The van der Waals surface area contributed by atoms with E-state index in [-0.39, 0.29) is 11.4 Å². The fourth-order valence-electron chi connectivity index (χ4n) is 1.42. The average molecular weight is 336 g/mol. The Kier molecular flexibility index (Phi) is 4.36. The van der Waals surface area contributed by atoms with Gasteiger partial charge >= 0.3 is 0 Å². The van der Waals surface area contributed by atoms with Crippen LogP contribution in [0.2, 0.25) is 0 Å². The molecule has 8 heteroatoms. The van der Waals surface area contributed by atoms with E-state index in [9.17, 15) is 13.2 Å². The number of nitrogens with two attached hydrogens (primary N) is 2. The molecule has 0 bridgehead atoms. The first-order chi connectivity index (χ1) is 8.16. The third-order valence-corrected chi connectivity index (χ3v) is 4.99. The number of anilines is 1. The number of likely N-dealkylation sites (N-methyl/N-ethyl adjacent to an activating group) is 1. The molecule has 0 radical (unpaired) electrons. The molecule has 1 amide bonds. The molecule has 0 atom stereocenters. The summed E-state index contributed by atoms with van der Waals surface area (Å²) in [6.45, 7) is 1.27. The van der Waals surface area contributed by atoms with Gasteiger partial charge in [0.1, 0.15) is 0 Å². The normalized spacial score (nSPS) is 11.8. The molecule has 1 aromatic carbocycles. The lowest BCUT2D eigenvalue weighted by atomic mass is 10.2. The molecule has 0 aliphatic heterocycles. The van der Waals surface area contributed by atoms with Crippen molar-refractivity contribution >= 4 is 37.5 Å². The minimum Gasteiger partial charge on any atom is -0.398 e. The standard InChI is InChI=1S/C10H14BrN3O3S/c1-6-3-7(11)8(12)4-9(6)18(16,17)14(2)5-10(13)15/h3-4H,5,12H2,1-2H3,(H2,13,15). The van der Waals surface area contributed by atoms with Gasteiger partial charge in [0.25, 0.3) is 0 Å². The SMILES string of the molecule is Cc1cc(Br)c(N)cc1S(=O)(=O)N(C)CC(N)=O. The lowest BCUT2D eigenvalue weighted by Crippen LogP contribution is -2.35.